The molecule has 0 amide bonds. The van der Waals surface area contributed by atoms with Crippen LogP contribution in [-0.4, -0.2) is 26.8 Å². The average molecular weight is 269 g/mol. The Morgan fingerprint density at radius 2 is 1.74 bits per heavy atom. The molecule has 2 rings (SSSR count). The third kappa shape index (κ3) is 2.57. The molecule has 1 N–H and O–H groups in total. The SMILES string of the molecule is C/C(=N\O)C1(c2cnc(C)nc2)CCC(F)(F)CC1. The Hall–Kier alpha value is -1.59. The van der Waals surface area contributed by atoms with Crippen LogP contribution in [0.25, 0.3) is 0 Å². The molecule has 0 saturated heterocycles. The van der Waals surface area contributed by atoms with Gasteiger partial charge in [-0.2, -0.15) is 0 Å². The number of oxime groups is 1. The van der Waals surface area contributed by atoms with Crippen molar-refractivity contribution in [3.8, 4) is 0 Å². The molecule has 19 heavy (non-hydrogen) atoms. The summed E-state index contributed by atoms with van der Waals surface area (Å²) in [4.78, 5) is 8.23. The van der Waals surface area contributed by atoms with Crippen molar-refractivity contribution in [2.45, 2.75) is 50.9 Å². The molecule has 0 bridgehead atoms. The molecule has 0 unspecified atom stereocenters. The van der Waals surface area contributed by atoms with E-state index < -0.39 is 11.3 Å². The maximum absolute atomic E-state index is 13.4. The Balaban J connectivity index is 2.40. The van der Waals surface area contributed by atoms with Crippen LogP contribution in [0.1, 0.15) is 44.0 Å². The molecule has 1 aromatic rings. The zero-order valence-electron chi connectivity index (χ0n) is 11.0. The lowest BCUT2D eigenvalue weighted by Gasteiger charge is -2.39. The fraction of sp³-hybridized carbons (Fsp3) is 0.615. The van der Waals surface area contributed by atoms with Crippen LogP contribution in [-0.2, 0) is 5.41 Å². The molecule has 0 aromatic carbocycles. The van der Waals surface area contributed by atoms with Crippen LogP contribution < -0.4 is 0 Å². The van der Waals surface area contributed by atoms with Gasteiger partial charge in [0.25, 0.3) is 0 Å². The zero-order chi connectivity index (χ0) is 14.1. The van der Waals surface area contributed by atoms with Crippen molar-refractivity contribution in [1.29, 1.82) is 0 Å². The van der Waals surface area contributed by atoms with E-state index in [2.05, 4.69) is 15.1 Å². The van der Waals surface area contributed by atoms with Crippen LogP contribution in [0.3, 0.4) is 0 Å². The summed E-state index contributed by atoms with van der Waals surface area (Å²) >= 11 is 0. The Kier molecular flexibility index (Phi) is 3.52. The molecule has 1 aromatic heterocycles. The number of rotatable bonds is 2. The first-order chi connectivity index (χ1) is 8.89. The van der Waals surface area contributed by atoms with Crippen LogP contribution in [0.15, 0.2) is 17.5 Å². The van der Waals surface area contributed by atoms with E-state index >= 15 is 0 Å². The molecule has 6 heteroatoms. The number of aromatic nitrogens is 2. The molecule has 1 aliphatic rings. The third-order valence-electron chi connectivity index (χ3n) is 4.01. The van der Waals surface area contributed by atoms with Gasteiger partial charge < -0.3 is 5.21 Å². The first-order valence-corrected chi connectivity index (χ1v) is 6.26. The topological polar surface area (TPSA) is 58.4 Å². The molecular formula is C13H17F2N3O. The van der Waals surface area contributed by atoms with E-state index in [0.29, 0.717) is 11.5 Å². The Morgan fingerprint density at radius 1 is 1.21 bits per heavy atom. The molecule has 104 valence electrons. The minimum atomic E-state index is -2.63. The second-order valence-corrected chi connectivity index (χ2v) is 5.14. The van der Waals surface area contributed by atoms with Gasteiger partial charge in [0.2, 0.25) is 5.92 Å². The molecule has 1 aliphatic carbocycles. The lowest BCUT2D eigenvalue weighted by molar-refractivity contribution is -0.0443. The van der Waals surface area contributed by atoms with Crippen LogP contribution in [0.2, 0.25) is 0 Å². The predicted molar refractivity (Wildman–Crippen MR) is 66.8 cm³/mol. The minimum absolute atomic E-state index is 0.215. The van der Waals surface area contributed by atoms with Crippen molar-refractivity contribution in [1.82, 2.24) is 9.97 Å². The van der Waals surface area contributed by atoms with Gasteiger partial charge in [-0.15, -0.1) is 0 Å². The summed E-state index contributed by atoms with van der Waals surface area (Å²) < 4.78 is 26.7. The zero-order valence-corrected chi connectivity index (χ0v) is 11.0. The highest BCUT2D eigenvalue weighted by Crippen LogP contribution is 2.46. The summed E-state index contributed by atoms with van der Waals surface area (Å²) in [5, 5.41) is 12.3. The highest BCUT2D eigenvalue weighted by atomic mass is 19.3. The number of nitrogens with zero attached hydrogens (tertiary/aromatic N) is 3. The van der Waals surface area contributed by atoms with Gasteiger partial charge in [-0.05, 0) is 26.7 Å². The van der Waals surface area contributed by atoms with Gasteiger partial charge in [-0.25, -0.2) is 18.7 Å². The highest BCUT2D eigenvalue weighted by molar-refractivity contribution is 5.92. The average Bonchev–Trinajstić information content (AvgIpc) is 2.39. The van der Waals surface area contributed by atoms with Crippen LogP contribution >= 0.6 is 0 Å². The molecule has 1 saturated carbocycles. The van der Waals surface area contributed by atoms with Gasteiger partial charge in [0.15, 0.2) is 0 Å². The van der Waals surface area contributed by atoms with E-state index in [9.17, 15) is 8.78 Å². The van der Waals surface area contributed by atoms with E-state index in [1.165, 1.54) is 0 Å². The fourth-order valence-corrected chi connectivity index (χ4v) is 2.64. The van der Waals surface area contributed by atoms with Crippen LogP contribution in [0.5, 0.6) is 0 Å². The maximum atomic E-state index is 13.4. The number of aryl methyl sites for hydroxylation is 1. The fourth-order valence-electron chi connectivity index (χ4n) is 2.64. The molecule has 0 radical (unpaired) electrons. The minimum Gasteiger partial charge on any atom is -0.411 e. The van der Waals surface area contributed by atoms with Gasteiger partial charge in [-0.3, -0.25) is 0 Å². The van der Waals surface area contributed by atoms with E-state index in [-0.39, 0.29) is 25.7 Å². The highest BCUT2D eigenvalue weighted by Gasteiger charge is 2.46. The smallest absolute Gasteiger partial charge is 0.248 e. The van der Waals surface area contributed by atoms with Gasteiger partial charge in [-0.1, -0.05) is 5.16 Å². The first kappa shape index (κ1) is 13.8. The quantitative estimate of drug-likeness (QED) is 0.510. The normalized spacial score (nSPS) is 22.2. The molecule has 4 nitrogen and oxygen atoms in total. The Morgan fingerprint density at radius 3 is 2.21 bits per heavy atom. The van der Waals surface area contributed by atoms with Crippen molar-refractivity contribution in [2.75, 3.05) is 0 Å². The van der Waals surface area contributed by atoms with E-state index in [0.717, 1.165) is 5.56 Å². The maximum Gasteiger partial charge on any atom is 0.248 e. The lowest BCUT2D eigenvalue weighted by atomic mass is 9.66. The molecule has 0 aliphatic heterocycles. The van der Waals surface area contributed by atoms with Gasteiger partial charge in [0.05, 0.1) is 5.71 Å². The molecule has 0 atom stereocenters. The second kappa shape index (κ2) is 4.83. The summed E-state index contributed by atoms with van der Waals surface area (Å²) in [6.07, 6.45) is 3.33. The predicted octanol–water partition coefficient (Wildman–Crippen LogP) is 3.08. The van der Waals surface area contributed by atoms with E-state index in [4.69, 9.17) is 5.21 Å². The number of alkyl halides is 2. The van der Waals surface area contributed by atoms with Crippen molar-refractivity contribution in [3.63, 3.8) is 0 Å². The Labute approximate surface area is 110 Å². The number of halogens is 2. The van der Waals surface area contributed by atoms with Gasteiger partial charge in [0, 0.05) is 36.2 Å². The second-order valence-electron chi connectivity index (χ2n) is 5.14. The summed E-state index contributed by atoms with van der Waals surface area (Å²) in [6, 6.07) is 0. The standard InChI is InChI=1S/C13H17F2N3O/c1-9(18-19)12(3-5-13(14,15)6-4-12)11-7-16-10(2)17-8-11/h7-8,19H,3-6H2,1-2H3/b18-9+. The summed E-state index contributed by atoms with van der Waals surface area (Å²) in [5.74, 6) is -2.01. The monoisotopic (exact) mass is 269 g/mol. The van der Waals surface area contributed by atoms with Gasteiger partial charge >= 0.3 is 0 Å². The lowest BCUT2D eigenvalue weighted by Crippen LogP contribution is -2.42. The summed E-state index contributed by atoms with van der Waals surface area (Å²) in [7, 11) is 0. The van der Waals surface area contributed by atoms with Crippen LogP contribution in [0.4, 0.5) is 8.78 Å². The summed E-state index contributed by atoms with van der Waals surface area (Å²) in [6.45, 7) is 3.42. The van der Waals surface area contributed by atoms with Gasteiger partial charge in [0.1, 0.15) is 5.82 Å². The van der Waals surface area contributed by atoms with E-state index in [1.54, 1.807) is 26.2 Å². The number of hydrogen-bond acceptors (Lipinski definition) is 4. The van der Waals surface area contributed by atoms with Crippen molar-refractivity contribution >= 4 is 5.71 Å². The van der Waals surface area contributed by atoms with Crippen LogP contribution in [0, 0.1) is 6.92 Å². The largest absolute Gasteiger partial charge is 0.411 e. The molecule has 1 fully saturated rings. The van der Waals surface area contributed by atoms with Crippen molar-refractivity contribution < 1.29 is 14.0 Å². The van der Waals surface area contributed by atoms with Crippen molar-refractivity contribution in [3.05, 3.63) is 23.8 Å². The van der Waals surface area contributed by atoms with E-state index in [1.807, 2.05) is 0 Å². The first-order valence-electron chi connectivity index (χ1n) is 6.26. The third-order valence-corrected chi connectivity index (χ3v) is 4.01. The summed E-state index contributed by atoms with van der Waals surface area (Å²) in [5.41, 5.74) is 0.503. The Bertz CT molecular complexity index is 475. The van der Waals surface area contributed by atoms with Crippen molar-refractivity contribution in [2.24, 2.45) is 5.16 Å². The molecular weight excluding hydrogens is 252 g/mol. The molecule has 1 heterocycles. The number of hydrogen-bond donors (Lipinski definition) is 1. The molecule has 0 spiro atoms.